The van der Waals surface area contributed by atoms with Crippen LogP contribution < -0.4 is 0 Å². The van der Waals surface area contributed by atoms with Gasteiger partial charge in [0, 0.05) is 0 Å². The summed E-state index contributed by atoms with van der Waals surface area (Å²) in [6, 6.07) is 0. The highest BCUT2D eigenvalue weighted by Crippen LogP contribution is 2.38. The molecule has 0 spiro atoms. The van der Waals surface area contributed by atoms with Gasteiger partial charge in [-0.2, -0.15) is 0 Å². The average molecular weight is 246 g/mol. The molecule has 0 rings (SSSR count). The lowest BCUT2D eigenvalue weighted by Crippen LogP contribution is -2.51. The summed E-state index contributed by atoms with van der Waals surface area (Å²) in [5, 5.41) is 10.0. The topological polar surface area (TPSA) is 46.5 Å². The molecule has 96 valence electrons. The lowest BCUT2D eigenvalue weighted by molar-refractivity contribution is -0.132. The molecule has 0 aliphatic rings. The second kappa shape index (κ2) is 4.98. The number of aldehydes is 1. The van der Waals surface area contributed by atoms with Crippen LogP contribution in [0.15, 0.2) is 0 Å². The third-order valence-corrected chi connectivity index (χ3v) is 7.99. The number of carbonyl (C=O) groups is 1. The number of hydrogen-bond donors (Lipinski definition) is 1. The fraction of sp³-hybridized carbons (Fsp3) is 0.917. The molecule has 4 heteroatoms. The van der Waals surface area contributed by atoms with E-state index in [4.69, 9.17) is 4.43 Å². The predicted octanol–water partition coefficient (Wildman–Crippen LogP) is 2.74. The van der Waals surface area contributed by atoms with Gasteiger partial charge in [-0.1, -0.05) is 27.7 Å². The van der Waals surface area contributed by atoms with E-state index in [0.717, 1.165) is 0 Å². The molecule has 0 unspecified atom stereocenters. The van der Waals surface area contributed by atoms with E-state index >= 15 is 0 Å². The Kier molecular flexibility index (Phi) is 4.92. The highest BCUT2D eigenvalue weighted by molar-refractivity contribution is 6.74. The monoisotopic (exact) mass is 246 g/mol. The van der Waals surface area contributed by atoms with Crippen molar-refractivity contribution in [2.75, 3.05) is 0 Å². The third-order valence-electron chi connectivity index (χ3n) is 3.50. The van der Waals surface area contributed by atoms with E-state index in [0.29, 0.717) is 12.7 Å². The third kappa shape index (κ3) is 3.68. The Morgan fingerprint density at radius 2 is 1.75 bits per heavy atom. The van der Waals surface area contributed by atoms with Crippen LogP contribution in [0.1, 0.15) is 41.0 Å². The van der Waals surface area contributed by atoms with Crippen LogP contribution in [-0.4, -0.2) is 31.4 Å². The molecule has 1 N–H and O–H groups in total. The molecule has 16 heavy (non-hydrogen) atoms. The van der Waals surface area contributed by atoms with Crippen molar-refractivity contribution in [3.8, 4) is 0 Å². The van der Waals surface area contributed by atoms with Gasteiger partial charge in [0.15, 0.2) is 14.6 Å². The molecule has 0 heterocycles. The van der Waals surface area contributed by atoms with Crippen LogP contribution in [0.2, 0.25) is 18.1 Å². The molecular weight excluding hydrogens is 220 g/mol. The molecule has 0 aliphatic carbocycles. The van der Waals surface area contributed by atoms with Gasteiger partial charge in [-0.3, -0.25) is 0 Å². The molecule has 0 fully saturated rings. The molecule has 0 aliphatic heterocycles. The van der Waals surface area contributed by atoms with Gasteiger partial charge in [0.2, 0.25) is 0 Å². The van der Waals surface area contributed by atoms with E-state index in [1.54, 1.807) is 0 Å². The van der Waals surface area contributed by atoms with E-state index in [2.05, 4.69) is 33.9 Å². The molecular formula is C12H26O3Si. The molecule has 0 aromatic heterocycles. The van der Waals surface area contributed by atoms with Gasteiger partial charge in [-0.05, 0) is 31.5 Å². The molecule has 0 radical (unpaired) electrons. The molecule has 3 nitrogen and oxygen atoms in total. The maximum atomic E-state index is 10.8. The maximum absolute atomic E-state index is 10.8. The highest BCUT2D eigenvalue weighted by Gasteiger charge is 2.43. The number of aliphatic hydroxyl groups is 1. The minimum Gasteiger partial charge on any atom is -0.411 e. The van der Waals surface area contributed by atoms with Gasteiger partial charge in [0.05, 0.1) is 6.10 Å². The van der Waals surface area contributed by atoms with Gasteiger partial charge < -0.3 is 14.3 Å². The fourth-order valence-corrected chi connectivity index (χ4v) is 2.69. The first-order valence-electron chi connectivity index (χ1n) is 5.84. The van der Waals surface area contributed by atoms with Crippen LogP contribution >= 0.6 is 0 Å². The van der Waals surface area contributed by atoms with Crippen molar-refractivity contribution in [2.45, 2.75) is 70.9 Å². The summed E-state index contributed by atoms with van der Waals surface area (Å²) in [4.78, 5) is 10.8. The van der Waals surface area contributed by atoms with Gasteiger partial charge in [0.1, 0.15) is 5.60 Å². The summed E-state index contributed by atoms with van der Waals surface area (Å²) in [6.07, 6.45) is 0.804. The smallest absolute Gasteiger partial charge is 0.192 e. The Morgan fingerprint density at radius 1 is 1.31 bits per heavy atom. The predicted molar refractivity (Wildman–Crippen MR) is 69.0 cm³/mol. The second-order valence-electron chi connectivity index (χ2n) is 6.12. The van der Waals surface area contributed by atoms with Crippen LogP contribution in [-0.2, 0) is 9.22 Å². The van der Waals surface area contributed by atoms with E-state index < -0.39 is 20.0 Å². The molecule has 0 aromatic carbocycles. The van der Waals surface area contributed by atoms with Crippen LogP contribution in [0.3, 0.4) is 0 Å². The van der Waals surface area contributed by atoms with E-state index in [-0.39, 0.29) is 5.04 Å². The Bertz CT molecular complexity index is 241. The number of hydrogen-bond acceptors (Lipinski definition) is 3. The normalized spacial score (nSPS) is 19.0. The Morgan fingerprint density at radius 3 is 2.00 bits per heavy atom. The first-order valence-corrected chi connectivity index (χ1v) is 8.75. The van der Waals surface area contributed by atoms with Gasteiger partial charge in [-0.15, -0.1) is 0 Å². The summed E-state index contributed by atoms with van der Waals surface area (Å²) in [5.74, 6) is 0. The Labute approximate surface area is 100 Å². The van der Waals surface area contributed by atoms with Crippen LogP contribution in [0.5, 0.6) is 0 Å². The largest absolute Gasteiger partial charge is 0.411 e. The first kappa shape index (κ1) is 15.8. The summed E-state index contributed by atoms with van der Waals surface area (Å²) in [6.45, 7) is 14.1. The van der Waals surface area contributed by atoms with Crippen molar-refractivity contribution in [3.63, 3.8) is 0 Å². The molecule has 0 amide bonds. The van der Waals surface area contributed by atoms with E-state index in [1.807, 2.05) is 6.92 Å². The summed E-state index contributed by atoms with van der Waals surface area (Å²) < 4.78 is 6.06. The second-order valence-corrected chi connectivity index (χ2v) is 10.9. The minimum absolute atomic E-state index is 0.0827. The Balaban J connectivity index is 4.87. The highest BCUT2D eigenvalue weighted by atomic mass is 28.4. The quantitative estimate of drug-likeness (QED) is 0.599. The van der Waals surface area contributed by atoms with Crippen molar-refractivity contribution in [3.05, 3.63) is 0 Å². The average Bonchev–Trinajstić information content (AvgIpc) is 2.12. The van der Waals surface area contributed by atoms with Crippen molar-refractivity contribution >= 4 is 14.6 Å². The van der Waals surface area contributed by atoms with Gasteiger partial charge >= 0.3 is 0 Å². The maximum Gasteiger partial charge on any atom is 0.192 e. The van der Waals surface area contributed by atoms with Crippen molar-refractivity contribution in [1.82, 2.24) is 0 Å². The molecule has 0 aromatic rings. The molecule has 0 saturated carbocycles. The SMILES string of the molecule is CC[C@@H](O[Si](C)(C)C(C)(C)C)[C@@](C)(O)C=O. The number of carbonyl (C=O) groups excluding carboxylic acids is 1. The van der Waals surface area contributed by atoms with E-state index in [1.165, 1.54) is 6.92 Å². The summed E-state index contributed by atoms with van der Waals surface area (Å²) in [7, 11) is -1.93. The zero-order valence-corrected chi connectivity index (χ0v) is 12.6. The van der Waals surface area contributed by atoms with Crippen LogP contribution in [0.4, 0.5) is 0 Å². The molecule has 2 atom stereocenters. The van der Waals surface area contributed by atoms with Crippen molar-refractivity contribution in [2.24, 2.45) is 0 Å². The van der Waals surface area contributed by atoms with Gasteiger partial charge in [0.25, 0.3) is 0 Å². The standard InChI is InChI=1S/C12H26O3Si/c1-8-10(12(5,14)9-13)15-16(6,7)11(2,3)4/h9-10,14H,8H2,1-7H3/t10-,12+/m1/s1. The summed E-state index contributed by atoms with van der Waals surface area (Å²) >= 11 is 0. The van der Waals surface area contributed by atoms with Crippen LogP contribution in [0, 0.1) is 0 Å². The zero-order chi connectivity index (χ0) is 13.2. The zero-order valence-electron chi connectivity index (χ0n) is 11.6. The van der Waals surface area contributed by atoms with Gasteiger partial charge in [-0.25, -0.2) is 0 Å². The first-order chi connectivity index (χ1) is 6.98. The molecule has 0 bridgehead atoms. The van der Waals surface area contributed by atoms with Crippen LogP contribution in [0.25, 0.3) is 0 Å². The number of rotatable bonds is 5. The lowest BCUT2D eigenvalue weighted by atomic mass is 9.99. The van der Waals surface area contributed by atoms with Crippen molar-refractivity contribution < 1.29 is 14.3 Å². The fourth-order valence-electron chi connectivity index (χ4n) is 1.22. The van der Waals surface area contributed by atoms with Crippen molar-refractivity contribution in [1.29, 1.82) is 0 Å². The van der Waals surface area contributed by atoms with E-state index in [9.17, 15) is 9.90 Å². The lowest BCUT2D eigenvalue weighted by Gasteiger charge is -2.41. The summed E-state index contributed by atoms with van der Waals surface area (Å²) in [5.41, 5.74) is -1.38. The minimum atomic E-state index is -1.93. The molecule has 0 saturated heterocycles. The Hall–Kier alpha value is -0.193.